The van der Waals surface area contributed by atoms with Crippen LogP contribution in [0.4, 0.5) is 4.39 Å². The molecule has 3 heteroatoms. The fraction of sp³-hybridized carbons (Fsp3) is 0.600. The van der Waals surface area contributed by atoms with E-state index in [-0.39, 0.29) is 5.82 Å². The van der Waals surface area contributed by atoms with Gasteiger partial charge in [-0.15, -0.1) is 0 Å². The summed E-state index contributed by atoms with van der Waals surface area (Å²) in [6, 6.07) is 6.95. The minimum atomic E-state index is -0.424. The Bertz CT molecular complexity index is 380. The van der Waals surface area contributed by atoms with E-state index in [0.717, 1.165) is 25.1 Å². The van der Waals surface area contributed by atoms with Gasteiger partial charge in [0.05, 0.1) is 5.54 Å². The lowest BCUT2D eigenvalue weighted by molar-refractivity contribution is 0.151. The SMILES string of the molecule is CCC(N1CCCC1)C(C)(N)c1ccc(F)cc1. The third-order valence-corrected chi connectivity index (χ3v) is 4.13. The van der Waals surface area contributed by atoms with Crippen molar-refractivity contribution in [2.75, 3.05) is 13.1 Å². The molecule has 0 amide bonds. The van der Waals surface area contributed by atoms with Gasteiger partial charge in [0.2, 0.25) is 0 Å². The summed E-state index contributed by atoms with van der Waals surface area (Å²) in [5.74, 6) is -0.205. The summed E-state index contributed by atoms with van der Waals surface area (Å²) in [4.78, 5) is 2.48. The quantitative estimate of drug-likeness (QED) is 0.890. The van der Waals surface area contributed by atoms with Crippen LogP contribution in [-0.4, -0.2) is 24.0 Å². The van der Waals surface area contributed by atoms with Crippen LogP contribution in [0, 0.1) is 5.82 Å². The Hall–Kier alpha value is -0.930. The molecule has 1 aliphatic heterocycles. The summed E-state index contributed by atoms with van der Waals surface area (Å²) in [7, 11) is 0. The molecular formula is C15H23FN2. The first-order chi connectivity index (χ1) is 8.55. The van der Waals surface area contributed by atoms with Gasteiger partial charge < -0.3 is 5.73 Å². The second-order valence-electron chi connectivity index (χ2n) is 5.46. The third-order valence-electron chi connectivity index (χ3n) is 4.13. The Kier molecular flexibility index (Phi) is 4.03. The maximum absolute atomic E-state index is 13.0. The predicted octanol–water partition coefficient (Wildman–Crippen LogP) is 2.87. The number of halogens is 1. The Morgan fingerprint density at radius 3 is 2.33 bits per heavy atom. The van der Waals surface area contributed by atoms with Gasteiger partial charge in [0.25, 0.3) is 0 Å². The molecule has 2 atom stereocenters. The summed E-state index contributed by atoms with van der Waals surface area (Å²) in [5.41, 5.74) is 7.15. The highest BCUT2D eigenvalue weighted by Gasteiger charge is 2.35. The molecule has 1 aromatic rings. The summed E-state index contributed by atoms with van der Waals surface area (Å²) >= 11 is 0. The van der Waals surface area contributed by atoms with Crippen molar-refractivity contribution in [3.8, 4) is 0 Å². The van der Waals surface area contributed by atoms with E-state index in [2.05, 4.69) is 18.7 Å². The monoisotopic (exact) mass is 250 g/mol. The second-order valence-corrected chi connectivity index (χ2v) is 5.46. The van der Waals surface area contributed by atoms with Crippen molar-refractivity contribution in [3.05, 3.63) is 35.6 Å². The van der Waals surface area contributed by atoms with Crippen molar-refractivity contribution in [2.45, 2.75) is 44.7 Å². The zero-order valence-electron chi connectivity index (χ0n) is 11.3. The zero-order chi connectivity index (χ0) is 13.2. The Morgan fingerprint density at radius 1 is 1.28 bits per heavy atom. The first-order valence-corrected chi connectivity index (χ1v) is 6.84. The lowest BCUT2D eigenvalue weighted by atomic mass is 9.83. The number of hydrogen-bond acceptors (Lipinski definition) is 2. The summed E-state index contributed by atoms with van der Waals surface area (Å²) < 4.78 is 13.0. The Balaban J connectivity index is 2.23. The van der Waals surface area contributed by atoms with Crippen molar-refractivity contribution < 1.29 is 4.39 Å². The Labute approximate surface area is 109 Å². The average Bonchev–Trinajstić information content (AvgIpc) is 2.84. The van der Waals surface area contributed by atoms with Gasteiger partial charge >= 0.3 is 0 Å². The molecule has 0 spiro atoms. The van der Waals surface area contributed by atoms with Gasteiger partial charge in [-0.25, -0.2) is 4.39 Å². The molecule has 1 fully saturated rings. The fourth-order valence-corrected chi connectivity index (χ4v) is 3.12. The summed E-state index contributed by atoms with van der Waals surface area (Å²) in [6.45, 7) is 6.50. The maximum Gasteiger partial charge on any atom is 0.123 e. The summed E-state index contributed by atoms with van der Waals surface area (Å²) in [5, 5.41) is 0. The smallest absolute Gasteiger partial charge is 0.123 e. The van der Waals surface area contributed by atoms with Gasteiger partial charge in [-0.3, -0.25) is 4.90 Å². The second kappa shape index (κ2) is 5.37. The van der Waals surface area contributed by atoms with Crippen LogP contribution >= 0.6 is 0 Å². The molecule has 0 radical (unpaired) electrons. The van der Waals surface area contributed by atoms with Crippen LogP contribution in [-0.2, 0) is 5.54 Å². The van der Waals surface area contributed by atoms with Gasteiger partial charge in [0.15, 0.2) is 0 Å². The van der Waals surface area contributed by atoms with Gasteiger partial charge in [0.1, 0.15) is 5.82 Å². The van der Waals surface area contributed by atoms with Crippen LogP contribution in [0.2, 0.25) is 0 Å². The molecule has 0 bridgehead atoms. The molecule has 0 aromatic heterocycles. The minimum Gasteiger partial charge on any atom is -0.320 e. The molecule has 2 N–H and O–H groups in total. The van der Waals surface area contributed by atoms with E-state index in [1.54, 1.807) is 0 Å². The number of nitrogens with two attached hydrogens (primary N) is 1. The number of likely N-dealkylation sites (tertiary alicyclic amines) is 1. The predicted molar refractivity (Wildman–Crippen MR) is 72.8 cm³/mol. The van der Waals surface area contributed by atoms with E-state index in [0.29, 0.717) is 6.04 Å². The lowest BCUT2D eigenvalue weighted by Crippen LogP contribution is -2.53. The maximum atomic E-state index is 13.0. The zero-order valence-corrected chi connectivity index (χ0v) is 11.3. The first kappa shape index (κ1) is 13.5. The largest absolute Gasteiger partial charge is 0.320 e. The highest BCUT2D eigenvalue weighted by molar-refractivity contribution is 5.26. The topological polar surface area (TPSA) is 29.3 Å². The van der Waals surface area contributed by atoms with Crippen LogP contribution < -0.4 is 5.73 Å². The van der Waals surface area contributed by atoms with E-state index in [9.17, 15) is 4.39 Å². The fourth-order valence-electron chi connectivity index (χ4n) is 3.12. The van der Waals surface area contributed by atoms with Crippen LogP contribution in [0.1, 0.15) is 38.7 Å². The van der Waals surface area contributed by atoms with E-state index < -0.39 is 5.54 Å². The molecule has 0 aliphatic carbocycles. The number of rotatable bonds is 4. The molecular weight excluding hydrogens is 227 g/mol. The summed E-state index contributed by atoms with van der Waals surface area (Å²) in [6.07, 6.45) is 3.54. The van der Waals surface area contributed by atoms with Gasteiger partial charge in [-0.2, -0.15) is 0 Å². The molecule has 2 nitrogen and oxygen atoms in total. The van der Waals surface area contributed by atoms with Crippen LogP contribution in [0.5, 0.6) is 0 Å². The molecule has 1 aliphatic rings. The van der Waals surface area contributed by atoms with Crippen molar-refractivity contribution >= 4 is 0 Å². The highest BCUT2D eigenvalue weighted by atomic mass is 19.1. The lowest BCUT2D eigenvalue weighted by Gasteiger charge is -2.40. The third kappa shape index (κ3) is 2.57. The molecule has 2 rings (SSSR count). The van der Waals surface area contributed by atoms with Crippen molar-refractivity contribution in [1.82, 2.24) is 4.90 Å². The normalized spacial score (nSPS) is 21.8. The van der Waals surface area contributed by atoms with Gasteiger partial charge in [-0.05, 0) is 57.0 Å². The van der Waals surface area contributed by atoms with E-state index >= 15 is 0 Å². The first-order valence-electron chi connectivity index (χ1n) is 6.84. The van der Waals surface area contributed by atoms with E-state index in [4.69, 9.17) is 5.73 Å². The molecule has 1 saturated heterocycles. The van der Waals surface area contributed by atoms with Crippen LogP contribution in [0.3, 0.4) is 0 Å². The minimum absolute atomic E-state index is 0.205. The van der Waals surface area contributed by atoms with Gasteiger partial charge in [-0.1, -0.05) is 19.1 Å². The molecule has 2 unspecified atom stereocenters. The number of benzene rings is 1. The Morgan fingerprint density at radius 2 is 1.83 bits per heavy atom. The average molecular weight is 250 g/mol. The molecule has 0 saturated carbocycles. The van der Waals surface area contributed by atoms with E-state index in [1.165, 1.54) is 25.0 Å². The molecule has 1 heterocycles. The van der Waals surface area contributed by atoms with E-state index in [1.807, 2.05) is 12.1 Å². The molecule has 18 heavy (non-hydrogen) atoms. The van der Waals surface area contributed by atoms with Crippen LogP contribution in [0.15, 0.2) is 24.3 Å². The number of nitrogens with zero attached hydrogens (tertiary/aromatic N) is 1. The van der Waals surface area contributed by atoms with Crippen molar-refractivity contribution in [3.63, 3.8) is 0 Å². The number of hydrogen-bond donors (Lipinski definition) is 1. The van der Waals surface area contributed by atoms with Crippen molar-refractivity contribution in [1.29, 1.82) is 0 Å². The standard InChI is InChI=1S/C15H23FN2/c1-3-14(18-10-4-5-11-18)15(2,17)12-6-8-13(16)9-7-12/h6-9,14H,3-5,10-11,17H2,1-2H3. The van der Waals surface area contributed by atoms with Gasteiger partial charge in [0, 0.05) is 6.04 Å². The van der Waals surface area contributed by atoms with Crippen molar-refractivity contribution in [2.24, 2.45) is 5.73 Å². The molecule has 100 valence electrons. The van der Waals surface area contributed by atoms with Crippen LogP contribution in [0.25, 0.3) is 0 Å². The highest BCUT2D eigenvalue weighted by Crippen LogP contribution is 2.30. The molecule has 1 aromatic carbocycles.